The molecule has 0 aliphatic heterocycles. The van der Waals surface area contributed by atoms with Gasteiger partial charge in [-0.2, -0.15) is 0 Å². The molecule has 0 aliphatic carbocycles. The van der Waals surface area contributed by atoms with Gasteiger partial charge in [0, 0.05) is 6.08 Å². The summed E-state index contributed by atoms with van der Waals surface area (Å²) >= 11 is 0. The number of aliphatic hydroxyl groups excluding tert-OH is 1. The van der Waals surface area contributed by atoms with Crippen molar-refractivity contribution in [1.82, 2.24) is 5.32 Å². The van der Waals surface area contributed by atoms with Crippen LogP contribution >= 0.6 is 0 Å². The lowest BCUT2D eigenvalue weighted by Crippen LogP contribution is -2.31. The van der Waals surface area contributed by atoms with Crippen LogP contribution in [0.1, 0.15) is 13.8 Å². The van der Waals surface area contributed by atoms with Crippen LogP contribution in [0.2, 0.25) is 0 Å². The highest BCUT2D eigenvalue weighted by Crippen LogP contribution is 2.10. The molecule has 0 saturated carbocycles. The highest BCUT2D eigenvalue weighted by Gasteiger charge is 2.21. The summed E-state index contributed by atoms with van der Waals surface area (Å²) < 4.78 is 13.0. The fourth-order valence-electron chi connectivity index (χ4n) is 0.471. The lowest BCUT2D eigenvalue weighted by Gasteiger charge is -2.12. The summed E-state index contributed by atoms with van der Waals surface area (Å²) in [6.45, 7) is 2.31. The number of halogens is 1. The molecule has 0 bridgehead atoms. The molecule has 0 fully saturated rings. The van der Waals surface area contributed by atoms with Gasteiger partial charge in [0.2, 0.25) is 0 Å². The molecule has 0 radical (unpaired) electrons. The topological polar surface area (TPSA) is 99.2 Å². The molecule has 13 heavy (non-hydrogen) atoms. The van der Waals surface area contributed by atoms with E-state index < -0.39 is 23.3 Å². The monoisotopic (exact) mass is 189 g/mol. The number of rotatable bonds is 3. The van der Waals surface area contributed by atoms with E-state index in [2.05, 4.69) is 5.73 Å². The molecular weight excluding hydrogens is 177 g/mol. The Bertz CT molecular complexity index is 255. The quantitative estimate of drug-likeness (QED) is 0.390. The van der Waals surface area contributed by atoms with E-state index in [0.717, 1.165) is 19.9 Å². The van der Waals surface area contributed by atoms with Gasteiger partial charge < -0.3 is 16.2 Å². The molecule has 6 heteroatoms. The van der Waals surface area contributed by atoms with Crippen LogP contribution in [-0.2, 0) is 0 Å². The fourth-order valence-corrected chi connectivity index (χ4v) is 0.471. The van der Waals surface area contributed by atoms with E-state index in [9.17, 15) is 9.18 Å². The van der Waals surface area contributed by atoms with Gasteiger partial charge in [-0.1, -0.05) is 0 Å². The van der Waals surface area contributed by atoms with Crippen LogP contribution in [0.15, 0.2) is 12.0 Å². The lowest BCUT2D eigenvalue weighted by molar-refractivity contribution is 0.244. The normalized spacial score (nSPS) is 12.4. The summed E-state index contributed by atoms with van der Waals surface area (Å²) in [7, 11) is 0. The maximum atomic E-state index is 13.0. The molecule has 0 aromatic carbocycles. The van der Waals surface area contributed by atoms with Gasteiger partial charge in [-0.25, -0.2) is 9.18 Å². The van der Waals surface area contributed by atoms with E-state index >= 15 is 0 Å². The molecular formula is C7H12FN3O2. The Morgan fingerprint density at radius 3 is 2.46 bits per heavy atom. The molecule has 0 unspecified atom stereocenters. The number of alkyl halides is 1. The summed E-state index contributed by atoms with van der Waals surface area (Å²) in [6, 6.07) is -0.974. The molecule has 0 saturated heterocycles. The number of hydrogen-bond donors (Lipinski definition) is 4. The number of hydrogen-bond acceptors (Lipinski definition) is 3. The zero-order chi connectivity index (χ0) is 10.6. The minimum absolute atomic E-state index is 0.459. The first-order valence-corrected chi connectivity index (χ1v) is 3.48. The van der Waals surface area contributed by atoms with Crippen molar-refractivity contribution >= 4 is 11.7 Å². The Morgan fingerprint density at radius 2 is 2.15 bits per heavy atom. The first-order valence-electron chi connectivity index (χ1n) is 3.48. The third-order valence-corrected chi connectivity index (χ3v) is 1.17. The van der Waals surface area contributed by atoms with Crippen LogP contribution in [0.5, 0.6) is 0 Å². The van der Waals surface area contributed by atoms with Gasteiger partial charge in [0.15, 0.2) is 5.88 Å². The Balaban J connectivity index is 4.40. The second-order valence-electron chi connectivity index (χ2n) is 2.90. The van der Waals surface area contributed by atoms with Crippen molar-refractivity contribution in [3.63, 3.8) is 0 Å². The average molecular weight is 189 g/mol. The minimum atomic E-state index is -1.87. The van der Waals surface area contributed by atoms with Crippen molar-refractivity contribution in [2.45, 2.75) is 19.5 Å². The second kappa shape index (κ2) is 3.88. The van der Waals surface area contributed by atoms with E-state index in [1.165, 1.54) is 0 Å². The summed E-state index contributed by atoms with van der Waals surface area (Å²) in [5, 5.41) is 17.8. The Hall–Kier alpha value is -1.59. The zero-order valence-electron chi connectivity index (χ0n) is 7.39. The number of carbonyl (C=O) groups excluding carboxylic acids is 1. The summed E-state index contributed by atoms with van der Waals surface area (Å²) in [4.78, 5) is 10.2. The van der Waals surface area contributed by atoms with Crippen LogP contribution in [-0.4, -0.2) is 22.5 Å². The van der Waals surface area contributed by atoms with Crippen LogP contribution in [0.4, 0.5) is 9.18 Å². The molecule has 74 valence electrons. The van der Waals surface area contributed by atoms with E-state index in [1.54, 1.807) is 5.32 Å². The van der Waals surface area contributed by atoms with E-state index in [0.29, 0.717) is 0 Å². The Morgan fingerprint density at radius 1 is 1.69 bits per heavy atom. The van der Waals surface area contributed by atoms with Crippen LogP contribution in [0.3, 0.4) is 0 Å². The van der Waals surface area contributed by atoms with Crippen molar-refractivity contribution in [2.24, 2.45) is 5.73 Å². The van der Waals surface area contributed by atoms with Crippen LogP contribution in [0, 0.1) is 5.41 Å². The highest BCUT2D eigenvalue weighted by molar-refractivity contribution is 5.99. The van der Waals surface area contributed by atoms with Gasteiger partial charge >= 0.3 is 6.03 Å². The summed E-state index contributed by atoms with van der Waals surface area (Å²) in [6.07, 6.45) is 0.782. The Kier molecular flexibility index (Phi) is 3.41. The van der Waals surface area contributed by atoms with Crippen molar-refractivity contribution in [1.29, 1.82) is 5.41 Å². The molecule has 0 aromatic rings. The van der Waals surface area contributed by atoms with Gasteiger partial charge in [-0.15, -0.1) is 0 Å². The van der Waals surface area contributed by atoms with Gasteiger partial charge in [-0.3, -0.25) is 5.32 Å². The van der Waals surface area contributed by atoms with Crippen molar-refractivity contribution in [3.8, 4) is 0 Å². The summed E-state index contributed by atoms with van der Waals surface area (Å²) in [5.41, 5.74) is 2.34. The molecule has 2 amide bonds. The predicted octanol–water partition coefficient (Wildman–Crippen LogP) is 0.822. The second-order valence-corrected chi connectivity index (χ2v) is 2.90. The van der Waals surface area contributed by atoms with Crippen molar-refractivity contribution < 1.29 is 14.3 Å². The first kappa shape index (κ1) is 11.4. The maximum Gasteiger partial charge on any atom is 0.318 e. The Labute approximate surface area is 74.9 Å². The molecule has 0 spiro atoms. The number of amides is 2. The predicted molar refractivity (Wildman–Crippen MR) is 46.3 cm³/mol. The number of carbonyl (C=O) groups is 1. The van der Waals surface area contributed by atoms with Crippen LogP contribution < -0.4 is 11.1 Å². The fraction of sp³-hybridized carbons (Fsp3) is 0.429. The van der Waals surface area contributed by atoms with Gasteiger partial charge in [0.05, 0.1) is 5.71 Å². The standard InChI is InChI=1S/C7H12FN3O2/c1-7(2,8)4(9)3-5(12)11-6(10)13/h3,9,12H,1-2H3,(H3,10,11,13)/b5-3-,9-4?. The molecule has 0 aromatic heterocycles. The highest BCUT2D eigenvalue weighted by atomic mass is 19.1. The van der Waals surface area contributed by atoms with Gasteiger partial charge in [0.25, 0.3) is 0 Å². The number of primary amides is 1. The van der Waals surface area contributed by atoms with Gasteiger partial charge in [0.1, 0.15) is 5.67 Å². The maximum absolute atomic E-state index is 13.0. The zero-order valence-corrected chi connectivity index (χ0v) is 7.39. The largest absolute Gasteiger partial charge is 0.494 e. The molecule has 0 atom stereocenters. The average Bonchev–Trinajstić information content (AvgIpc) is 1.82. The summed E-state index contributed by atoms with van der Waals surface area (Å²) in [5.74, 6) is -0.650. The van der Waals surface area contributed by atoms with Crippen molar-refractivity contribution in [3.05, 3.63) is 12.0 Å². The third kappa shape index (κ3) is 4.78. The van der Waals surface area contributed by atoms with Crippen molar-refractivity contribution in [2.75, 3.05) is 0 Å². The number of nitrogens with one attached hydrogen (secondary N) is 2. The SMILES string of the molecule is CC(C)(F)C(=N)/C=C(\O)NC(N)=O. The third-order valence-electron chi connectivity index (χ3n) is 1.17. The van der Waals surface area contributed by atoms with E-state index in [-0.39, 0.29) is 0 Å². The molecule has 0 heterocycles. The molecule has 0 rings (SSSR count). The number of nitrogens with two attached hydrogens (primary N) is 1. The minimum Gasteiger partial charge on any atom is -0.494 e. The first-order chi connectivity index (χ1) is 5.73. The van der Waals surface area contributed by atoms with E-state index in [1.807, 2.05) is 0 Å². The van der Waals surface area contributed by atoms with E-state index in [4.69, 9.17) is 10.5 Å². The smallest absolute Gasteiger partial charge is 0.318 e. The van der Waals surface area contributed by atoms with Gasteiger partial charge in [-0.05, 0) is 13.8 Å². The number of urea groups is 1. The van der Waals surface area contributed by atoms with Crippen LogP contribution in [0.25, 0.3) is 0 Å². The lowest BCUT2D eigenvalue weighted by atomic mass is 10.1. The number of allylic oxidation sites excluding steroid dienone is 1. The number of aliphatic hydroxyl groups is 1. The molecule has 0 aliphatic rings. The molecule has 5 N–H and O–H groups in total. The molecule has 5 nitrogen and oxygen atoms in total.